The second kappa shape index (κ2) is 10.7. The molecule has 228 valence electrons. The van der Waals surface area contributed by atoms with E-state index in [0.717, 1.165) is 31.6 Å². The molecule has 43 heavy (non-hydrogen) atoms. The SMILES string of the molecule is CN1C[C@H](O)C[C@H]1C(=O)Nc1cc(F)c2c(c1)CC(CN1CCC3(CC1)CN(c1cnc4c(n1)NC(=O)CO4)C(=O)O3)C2. The number of piperidine rings is 1. The number of carbonyl (C=O) groups is 3. The van der Waals surface area contributed by atoms with Crippen molar-refractivity contribution >= 4 is 35.2 Å². The largest absolute Gasteiger partial charge is 0.465 e. The number of benzene rings is 1. The Morgan fingerprint density at radius 1 is 1.26 bits per heavy atom. The van der Waals surface area contributed by atoms with Gasteiger partial charge < -0.3 is 30.1 Å². The number of likely N-dealkylation sites (tertiary alicyclic amines) is 2. The second-order valence-electron chi connectivity index (χ2n) is 12.4. The molecular formula is C29H34FN7O6. The predicted molar refractivity (Wildman–Crippen MR) is 151 cm³/mol. The summed E-state index contributed by atoms with van der Waals surface area (Å²) in [7, 11) is 1.80. The van der Waals surface area contributed by atoms with Crippen LogP contribution < -0.4 is 20.3 Å². The molecular weight excluding hydrogens is 561 g/mol. The third-order valence-corrected chi connectivity index (χ3v) is 9.24. The molecule has 1 unspecified atom stereocenters. The number of anilines is 3. The average Bonchev–Trinajstić information content (AvgIpc) is 3.63. The van der Waals surface area contributed by atoms with E-state index in [9.17, 15) is 19.5 Å². The maximum absolute atomic E-state index is 15.1. The van der Waals surface area contributed by atoms with Crippen LogP contribution in [0.3, 0.4) is 0 Å². The van der Waals surface area contributed by atoms with Crippen molar-refractivity contribution in [3.05, 3.63) is 35.3 Å². The fourth-order valence-electron chi connectivity index (χ4n) is 7.04. The number of nitrogens with one attached hydrogen (secondary N) is 2. The van der Waals surface area contributed by atoms with Crippen LogP contribution in [-0.4, -0.2) is 107 Å². The molecule has 3 atom stereocenters. The molecule has 3 amide bonds. The maximum Gasteiger partial charge on any atom is 0.416 e. The minimum absolute atomic E-state index is 0.127. The standard InChI is InChI=1S/C29H34FN7O6/c1-35-13-19(38)10-22(35)26(40)32-18-8-17-6-16(7-20(17)21(30)9-18)12-36-4-2-29(3-5-36)15-37(28(41)43-29)23-11-31-27-25(33-23)34-24(39)14-42-27/h8-9,11,16,19,22,38H,2-7,10,12-15H2,1H3,(H,32,40)(H,33,34,39)/t16?,19-,22+/m1/s1. The van der Waals surface area contributed by atoms with Gasteiger partial charge in [-0.15, -0.1) is 0 Å². The topological polar surface area (TPSA) is 149 Å². The smallest absolute Gasteiger partial charge is 0.416 e. The Balaban J connectivity index is 0.939. The van der Waals surface area contributed by atoms with Gasteiger partial charge in [-0.05, 0) is 55.5 Å². The normalized spacial score (nSPS) is 26.6. The minimum Gasteiger partial charge on any atom is -0.465 e. The number of amides is 3. The number of hydrogen-bond donors (Lipinski definition) is 3. The van der Waals surface area contributed by atoms with Crippen LogP contribution in [0.2, 0.25) is 0 Å². The molecule has 0 saturated carbocycles. The van der Waals surface area contributed by atoms with Crippen molar-refractivity contribution in [2.45, 2.75) is 49.9 Å². The summed E-state index contributed by atoms with van der Waals surface area (Å²) in [5, 5.41) is 15.3. The third-order valence-electron chi connectivity index (χ3n) is 9.24. The number of fused-ring (bicyclic) bond motifs is 2. The first-order valence-electron chi connectivity index (χ1n) is 14.7. The third kappa shape index (κ3) is 5.38. The summed E-state index contributed by atoms with van der Waals surface area (Å²) in [6, 6.07) is 2.83. The summed E-state index contributed by atoms with van der Waals surface area (Å²) >= 11 is 0. The molecule has 1 aromatic heterocycles. The Bertz CT molecular complexity index is 1480. The first-order valence-corrected chi connectivity index (χ1v) is 14.7. The number of aliphatic hydroxyl groups excluding tert-OH is 1. The number of likely N-dealkylation sites (N-methyl/N-ethyl adjacent to an activating group) is 1. The van der Waals surface area contributed by atoms with E-state index in [1.165, 1.54) is 17.2 Å². The average molecular weight is 596 g/mol. The van der Waals surface area contributed by atoms with Crippen LogP contribution in [-0.2, 0) is 27.2 Å². The highest BCUT2D eigenvalue weighted by Gasteiger charge is 2.48. The van der Waals surface area contributed by atoms with Gasteiger partial charge in [-0.2, -0.15) is 0 Å². The summed E-state index contributed by atoms with van der Waals surface area (Å²) in [5.74, 6) is 0.0619. The van der Waals surface area contributed by atoms with Crippen molar-refractivity contribution in [1.29, 1.82) is 0 Å². The highest BCUT2D eigenvalue weighted by Crippen LogP contribution is 2.38. The number of aromatic nitrogens is 2. The molecule has 3 N–H and O–H groups in total. The van der Waals surface area contributed by atoms with Crippen LogP contribution >= 0.6 is 0 Å². The quantitative estimate of drug-likeness (QED) is 0.460. The molecule has 4 aliphatic heterocycles. The molecule has 3 fully saturated rings. The van der Waals surface area contributed by atoms with E-state index in [4.69, 9.17) is 9.47 Å². The highest BCUT2D eigenvalue weighted by atomic mass is 19.1. The van der Waals surface area contributed by atoms with Gasteiger partial charge in [0.2, 0.25) is 5.91 Å². The van der Waals surface area contributed by atoms with Crippen LogP contribution in [0, 0.1) is 11.7 Å². The fourth-order valence-corrected chi connectivity index (χ4v) is 7.04. The highest BCUT2D eigenvalue weighted by molar-refractivity contribution is 5.95. The van der Waals surface area contributed by atoms with Crippen LogP contribution in [0.15, 0.2) is 18.3 Å². The van der Waals surface area contributed by atoms with Gasteiger partial charge in [-0.3, -0.25) is 19.4 Å². The van der Waals surface area contributed by atoms with E-state index in [0.29, 0.717) is 55.8 Å². The lowest BCUT2D eigenvalue weighted by Crippen LogP contribution is -2.48. The van der Waals surface area contributed by atoms with Gasteiger partial charge >= 0.3 is 6.09 Å². The number of ether oxygens (including phenoxy) is 2. The van der Waals surface area contributed by atoms with Gasteiger partial charge in [0.05, 0.1) is 24.9 Å². The molecule has 3 saturated heterocycles. The molecule has 2 aromatic rings. The molecule has 1 spiro atoms. The molecule has 1 aliphatic carbocycles. The number of hydrogen-bond acceptors (Lipinski definition) is 10. The van der Waals surface area contributed by atoms with Crippen molar-refractivity contribution in [3.8, 4) is 5.88 Å². The lowest BCUT2D eigenvalue weighted by molar-refractivity contribution is -0.120. The van der Waals surface area contributed by atoms with E-state index in [-0.39, 0.29) is 41.9 Å². The van der Waals surface area contributed by atoms with Crippen molar-refractivity contribution in [1.82, 2.24) is 19.8 Å². The molecule has 14 heteroatoms. The Morgan fingerprint density at radius 2 is 2.07 bits per heavy atom. The van der Waals surface area contributed by atoms with E-state index in [1.807, 2.05) is 11.0 Å². The molecule has 5 heterocycles. The number of halogens is 1. The van der Waals surface area contributed by atoms with Crippen molar-refractivity contribution in [3.63, 3.8) is 0 Å². The minimum atomic E-state index is -0.633. The van der Waals surface area contributed by atoms with Crippen molar-refractivity contribution in [2.24, 2.45) is 5.92 Å². The summed E-state index contributed by atoms with van der Waals surface area (Å²) in [6.07, 6.45) is 3.44. The van der Waals surface area contributed by atoms with Gasteiger partial charge in [-0.1, -0.05) is 0 Å². The van der Waals surface area contributed by atoms with Crippen LogP contribution in [0.25, 0.3) is 0 Å². The number of aliphatic hydroxyl groups is 1. The lowest BCUT2D eigenvalue weighted by atomic mass is 9.90. The van der Waals surface area contributed by atoms with Crippen LogP contribution in [0.1, 0.15) is 30.4 Å². The number of rotatable bonds is 5. The molecule has 0 radical (unpaired) electrons. The van der Waals surface area contributed by atoms with E-state index < -0.39 is 23.8 Å². The first kappa shape index (κ1) is 27.9. The molecule has 0 bridgehead atoms. The molecule has 5 aliphatic rings. The predicted octanol–water partition coefficient (Wildman–Crippen LogP) is 1.16. The van der Waals surface area contributed by atoms with Crippen LogP contribution in [0.5, 0.6) is 5.88 Å². The van der Waals surface area contributed by atoms with E-state index in [1.54, 1.807) is 7.05 Å². The van der Waals surface area contributed by atoms with Crippen molar-refractivity contribution in [2.75, 3.05) is 61.9 Å². The first-order chi connectivity index (χ1) is 20.6. The van der Waals surface area contributed by atoms with Gasteiger partial charge in [-0.25, -0.2) is 19.2 Å². The second-order valence-corrected chi connectivity index (χ2v) is 12.4. The Hall–Kier alpha value is -3.88. The Kier molecular flexibility index (Phi) is 6.94. The van der Waals surface area contributed by atoms with Gasteiger partial charge in [0.25, 0.3) is 11.8 Å². The zero-order valence-electron chi connectivity index (χ0n) is 23.8. The van der Waals surface area contributed by atoms with E-state index in [2.05, 4.69) is 25.5 Å². The zero-order chi connectivity index (χ0) is 29.9. The van der Waals surface area contributed by atoms with Gasteiger partial charge in [0.15, 0.2) is 18.2 Å². The number of β-amino-alcohol motifs (C(OH)–C–C–N with tert-alkyl or cyclic N) is 1. The Labute approximate surface area is 247 Å². The monoisotopic (exact) mass is 595 g/mol. The number of carbonyl (C=O) groups excluding carboxylic acids is 3. The lowest BCUT2D eigenvalue weighted by Gasteiger charge is -2.38. The summed E-state index contributed by atoms with van der Waals surface area (Å²) in [5.41, 5.74) is 1.44. The molecule has 1 aromatic carbocycles. The summed E-state index contributed by atoms with van der Waals surface area (Å²) in [4.78, 5) is 51.4. The summed E-state index contributed by atoms with van der Waals surface area (Å²) in [6.45, 7) is 2.92. The van der Waals surface area contributed by atoms with Gasteiger partial charge in [0, 0.05) is 44.7 Å². The molecule has 13 nitrogen and oxygen atoms in total. The van der Waals surface area contributed by atoms with Gasteiger partial charge in [0.1, 0.15) is 11.4 Å². The fraction of sp³-hybridized carbons (Fsp3) is 0.552. The zero-order valence-corrected chi connectivity index (χ0v) is 23.8. The summed E-state index contributed by atoms with van der Waals surface area (Å²) < 4.78 is 26.2. The molecule has 7 rings (SSSR count). The Morgan fingerprint density at radius 3 is 2.84 bits per heavy atom. The van der Waals surface area contributed by atoms with E-state index >= 15 is 4.39 Å². The number of nitrogens with zero attached hydrogens (tertiary/aromatic N) is 5. The maximum atomic E-state index is 15.1. The van der Waals surface area contributed by atoms with Crippen LogP contribution in [0.4, 0.5) is 26.5 Å². The van der Waals surface area contributed by atoms with Crippen molar-refractivity contribution < 1.29 is 33.4 Å².